The molecule has 1 amide bonds. The molecule has 1 aromatic heterocycles. The van der Waals surface area contributed by atoms with E-state index in [1.165, 1.54) is 0 Å². The van der Waals surface area contributed by atoms with Gasteiger partial charge in [0, 0.05) is 19.3 Å². The standard InChI is InChI=1S/C11H16N2O3/c1-8-5-13(6-9(7-14)16-8)11(15)10-3-2-4-12-10/h2-4,8-9,12,14H,5-7H2,1H3. The molecule has 0 radical (unpaired) electrons. The van der Waals surface area contributed by atoms with Crippen molar-refractivity contribution < 1.29 is 14.6 Å². The van der Waals surface area contributed by atoms with Gasteiger partial charge < -0.3 is 19.7 Å². The molecule has 1 saturated heterocycles. The van der Waals surface area contributed by atoms with Crippen LogP contribution < -0.4 is 0 Å². The van der Waals surface area contributed by atoms with Gasteiger partial charge in [-0.2, -0.15) is 0 Å². The largest absolute Gasteiger partial charge is 0.394 e. The molecule has 5 heteroatoms. The van der Waals surface area contributed by atoms with Crippen molar-refractivity contribution in [1.29, 1.82) is 0 Å². The first kappa shape index (κ1) is 11.2. The number of carbonyl (C=O) groups excluding carboxylic acids is 1. The average Bonchev–Trinajstić information content (AvgIpc) is 2.80. The smallest absolute Gasteiger partial charge is 0.270 e. The monoisotopic (exact) mass is 224 g/mol. The molecule has 0 saturated carbocycles. The van der Waals surface area contributed by atoms with Crippen molar-refractivity contribution in [3.05, 3.63) is 24.0 Å². The summed E-state index contributed by atoms with van der Waals surface area (Å²) in [7, 11) is 0. The molecule has 1 fully saturated rings. The Labute approximate surface area is 94.0 Å². The summed E-state index contributed by atoms with van der Waals surface area (Å²) in [4.78, 5) is 16.6. The third kappa shape index (κ3) is 2.25. The number of carbonyl (C=O) groups is 1. The van der Waals surface area contributed by atoms with Crippen LogP contribution in [0.1, 0.15) is 17.4 Å². The number of aliphatic hydroxyl groups is 1. The topological polar surface area (TPSA) is 65.6 Å². The van der Waals surface area contributed by atoms with Gasteiger partial charge in [0.2, 0.25) is 0 Å². The predicted octanol–water partition coefficient (Wildman–Crippen LogP) is 0.236. The minimum atomic E-state index is -0.275. The van der Waals surface area contributed by atoms with Crippen LogP contribution in [0.15, 0.2) is 18.3 Å². The fourth-order valence-corrected chi connectivity index (χ4v) is 1.95. The van der Waals surface area contributed by atoms with E-state index in [2.05, 4.69) is 4.98 Å². The highest BCUT2D eigenvalue weighted by Gasteiger charge is 2.28. The molecular formula is C11H16N2O3. The Morgan fingerprint density at radius 1 is 1.69 bits per heavy atom. The van der Waals surface area contributed by atoms with Gasteiger partial charge >= 0.3 is 0 Å². The number of aromatic amines is 1. The Hall–Kier alpha value is -1.33. The zero-order valence-corrected chi connectivity index (χ0v) is 9.22. The number of amides is 1. The number of rotatable bonds is 2. The number of nitrogens with one attached hydrogen (secondary N) is 1. The predicted molar refractivity (Wildman–Crippen MR) is 58.1 cm³/mol. The Bertz CT molecular complexity index is 350. The quantitative estimate of drug-likeness (QED) is 0.756. The minimum absolute atomic E-state index is 0.0372. The van der Waals surface area contributed by atoms with E-state index < -0.39 is 0 Å². The number of hydrogen-bond donors (Lipinski definition) is 2. The lowest BCUT2D eigenvalue weighted by Gasteiger charge is -2.35. The van der Waals surface area contributed by atoms with E-state index in [0.717, 1.165) is 0 Å². The van der Waals surface area contributed by atoms with Gasteiger partial charge in [-0.05, 0) is 19.1 Å². The second-order valence-electron chi connectivity index (χ2n) is 4.05. The average molecular weight is 224 g/mol. The molecule has 2 heterocycles. The van der Waals surface area contributed by atoms with Crippen molar-refractivity contribution in [2.45, 2.75) is 19.1 Å². The van der Waals surface area contributed by atoms with E-state index in [1.54, 1.807) is 23.2 Å². The lowest BCUT2D eigenvalue weighted by Crippen LogP contribution is -2.50. The molecule has 16 heavy (non-hydrogen) atoms. The van der Waals surface area contributed by atoms with Crippen LogP contribution >= 0.6 is 0 Å². The maximum atomic E-state index is 12.0. The molecule has 0 spiro atoms. The molecule has 0 aromatic carbocycles. The number of ether oxygens (including phenoxy) is 1. The lowest BCUT2D eigenvalue weighted by molar-refractivity contribution is -0.0859. The van der Waals surface area contributed by atoms with Gasteiger partial charge in [-0.15, -0.1) is 0 Å². The minimum Gasteiger partial charge on any atom is -0.394 e. The van der Waals surface area contributed by atoms with Gasteiger partial charge in [-0.3, -0.25) is 4.79 Å². The van der Waals surface area contributed by atoms with Gasteiger partial charge in [0.25, 0.3) is 5.91 Å². The van der Waals surface area contributed by atoms with E-state index >= 15 is 0 Å². The molecule has 0 aliphatic carbocycles. The summed E-state index contributed by atoms with van der Waals surface area (Å²) in [5.41, 5.74) is 0.575. The molecule has 0 bridgehead atoms. The highest BCUT2D eigenvalue weighted by Crippen LogP contribution is 2.13. The summed E-state index contributed by atoms with van der Waals surface area (Å²) in [5, 5.41) is 9.07. The van der Waals surface area contributed by atoms with Gasteiger partial charge in [-0.25, -0.2) is 0 Å². The number of morpholine rings is 1. The van der Waals surface area contributed by atoms with Gasteiger partial charge in [0.05, 0.1) is 18.8 Å². The summed E-state index contributed by atoms with van der Waals surface area (Å²) >= 11 is 0. The second-order valence-corrected chi connectivity index (χ2v) is 4.05. The normalized spacial score (nSPS) is 25.8. The Morgan fingerprint density at radius 2 is 2.50 bits per heavy atom. The van der Waals surface area contributed by atoms with Crippen molar-refractivity contribution >= 4 is 5.91 Å². The van der Waals surface area contributed by atoms with Gasteiger partial charge in [0.15, 0.2) is 0 Å². The van der Waals surface area contributed by atoms with Crippen LogP contribution in [0.5, 0.6) is 0 Å². The third-order valence-corrected chi connectivity index (χ3v) is 2.65. The number of H-pyrrole nitrogens is 1. The number of hydrogen-bond acceptors (Lipinski definition) is 3. The summed E-state index contributed by atoms with van der Waals surface area (Å²) in [6, 6.07) is 3.54. The van der Waals surface area contributed by atoms with E-state index in [0.29, 0.717) is 18.8 Å². The van der Waals surface area contributed by atoms with Crippen LogP contribution in [0.25, 0.3) is 0 Å². The number of nitrogens with zero attached hydrogens (tertiary/aromatic N) is 1. The summed E-state index contributed by atoms with van der Waals surface area (Å²) in [6.07, 6.45) is 1.41. The van der Waals surface area contributed by atoms with E-state index in [1.807, 2.05) is 6.92 Å². The van der Waals surface area contributed by atoms with Crippen LogP contribution in [0, 0.1) is 0 Å². The molecule has 2 N–H and O–H groups in total. The highest BCUT2D eigenvalue weighted by atomic mass is 16.5. The molecule has 2 rings (SSSR count). The Kier molecular flexibility index (Phi) is 3.26. The van der Waals surface area contributed by atoms with Crippen LogP contribution in [0.4, 0.5) is 0 Å². The van der Waals surface area contributed by atoms with Crippen molar-refractivity contribution in [3.8, 4) is 0 Å². The van der Waals surface area contributed by atoms with Crippen LogP contribution in [-0.2, 0) is 4.74 Å². The maximum absolute atomic E-state index is 12.0. The van der Waals surface area contributed by atoms with E-state index in [9.17, 15) is 4.79 Å². The van der Waals surface area contributed by atoms with Crippen molar-refractivity contribution in [2.75, 3.05) is 19.7 Å². The molecule has 2 unspecified atom stereocenters. The second kappa shape index (κ2) is 4.67. The zero-order valence-electron chi connectivity index (χ0n) is 9.22. The van der Waals surface area contributed by atoms with Crippen molar-refractivity contribution in [3.63, 3.8) is 0 Å². The molecule has 1 aromatic rings. The van der Waals surface area contributed by atoms with Crippen molar-refractivity contribution in [1.82, 2.24) is 9.88 Å². The fourth-order valence-electron chi connectivity index (χ4n) is 1.95. The number of aromatic nitrogens is 1. The summed E-state index contributed by atoms with van der Waals surface area (Å²) < 4.78 is 5.48. The zero-order chi connectivity index (χ0) is 11.5. The maximum Gasteiger partial charge on any atom is 0.270 e. The fraction of sp³-hybridized carbons (Fsp3) is 0.545. The van der Waals surface area contributed by atoms with Crippen LogP contribution in [-0.4, -0.2) is 52.8 Å². The van der Waals surface area contributed by atoms with E-state index in [-0.39, 0.29) is 24.7 Å². The highest BCUT2D eigenvalue weighted by molar-refractivity contribution is 5.92. The van der Waals surface area contributed by atoms with Gasteiger partial charge in [0.1, 0.15) is 5.69 Å². The summed E-state index contributed by atoms with van der Waals surface area (Å²) in [5.74, 6) is -0.0430. The lowest BCUT2D eigenvalue weighted by atomic mass is 10.2. The van der Waals surface area contributed by atoms with Crippen molar-refractivity contribution in [2.24, 2.45) is 0 Å². The Balaban J connectivity index is 2.06. The first-order valence-corrected chi connectivity index (χ1v) is 5.39. The molecule has 1 aliphatic heterocycles. The molecule has 1 aliphatic rings. The molecular weight excluding hydrogens is 208 g/mol. The Morgan fingerprint density at radius 3 is 3.12 bits per heavy atom. The van der Waals surface area contributed by atoms with Gasteiger partial charge in [-0.1, -0.05) is 0 Å². The molecule has 2 atom stereocenters. The number of aliphatic hydroxyl groups excluding tert-OH is 1. The third-order valence-electron chi connectivity index (χ3n) is 2.65. The molecule has 5 nitrogen and oxygen atoms in total. The first-order valence-electron chi connectivity index (χ1n) is 5.39. The SMILES string of the molecule is CC1CN(C(=O)c2ccc[nH]2)CC(CO)O1. The first-order chi connectivity index (χ1) is 7.70. The van der Waals surface area contributed by atoms with Crippen LogP contribution in [0.3, 0.4) is 0 Å². The van der Waals surface area contributed by atoms with E-state index in [4.69, 9.17) is 9.84 Å². The van der Waals surface area contributed by atoms with Crippen LogP contribution in [0.2, 0.25) is 0 Å². The molecule has 88 valence electrons. The summed E-state index contributed by atoms with van der Waals surface area (Å²) in [6.45, 7) is 2.85.